The molecule has 0 fully saturated rings. The summed E-state index contributed by atoms with van der Waals surface area (Å²) in [5, 5.41) is 6.92. The Morgan fingerprint density at radius 2 is 1.86 bits per heavy atom. The number of halogens is 1. The van der Waals surface area contributed by atoms with Crippen molar-refractivity contribution in [1.29, 1.82) is 0 Å². The number of carbonyl (C=O) groups excluding carboxylic acids is 1. The summed E-state index contributed by atoms with van der Waals surface area (Å²) in [5.41, 5.74) is 1.42. The highest BCUT2D eigenvalue weighted by Crippen LogP contribution is 2.31. The van der Waals surface area contributed by atoms with Gasteiger partial charge < -0.3 is 14.8 Å². The fraction of sp³-hybridized carbons (Fsp3) is 0.190. The summed E-state index contributed by atoms with van der Waals surface area (Å²) in [7, 11) is 3.07. The predicted molar refractivity (Wildman–Crippen MR) is 105 cm³/mol. The van der Waals surface area contributed by atoms with Crippen LogP contribution in [0.1, 0.15) is 5.56 Å². The second-order valence-corrected chi connectivity index (χ2v) is 6.19. The molecule has 1 heterocycles. The first kappa shape index (κ1) is 20.1. The predicted octanol–water partition coefficient (Wildman–Crippen LogP) is 2.38. The van der Waals surface area contributed by atoms with Gasteiger partial charge in [-0.3, -0.25) is 9.59 Å². The normalized spacial score (nSPS) is 10.4. The lowest BCUT2D eigenvalue weighted by Gasteiger charge is -2.11. The van der Waals surface area contributed by atoms with Crippen LogP contribution in [0.4, 0.5) is 4.39 Å². The van der Waals surface area contributed by atoms with Gasteiger partial charge >= 0.3 is 0 Å². The van der Waals surface area contributed by atoms with Crippen LogP contribution in [0, 0.1) is 5.82 Å². The highest BCUT2D eigenvalue weighted by molar-refractivity contribution is 5.75. The van der Waals surface area contributed by atoms with Gasteiger partial charge in [0, 0.05) is 18.2 Å². The van der Waals surface area contributed by atoms with Crippen LogP contribution in [0.3, 0.4) is 0 Å². The molecule has 1 N–H and O–H groups in total. The number of hydrogen-bond donors (Lipinski definition) is 1. The molecule has 0 radical (unpaired) electrons. The highest BCUT2D eigenvalue weighted by Gasteiger charge is 2.11. The summed E-state index contributed by atoms with van der Waals surface area (Å²) in [6, 6.07) is 14.1. The first-order chi connectivity index (χ1) is 14.0. The van der Waals surface area contributed by atoms with Crippen molar-refractivity contribution in [3.63, 3.8) is 0 Å². The Bertz CT molecular complexity index is 1080. The zero-order valence-electron chi connectivity index (χ0n) is 16.0. The number of benzene rings is 2. The number of rotatable bonds is 7. The summed E-state index contributed by atoms with van der Waals surface area (Å²) in [6.45, 7) is -0.101. The first-order valence-electron chi connectivity index (χ1n) is 8.82. The van der Waals surface area contributed by atoms with Gasteiger partial charge in [0.15, 0.2) is 11.5 Å². The lowest BCUT2D eigenvalue weighted by Crippen LogP contribution is -2.33. The third-order valence-corrected chi connectivity index (χ3v) is 4.22. The molecule has 0 spiro atoms. The Hall–Kier alpha value is -3.68. The minimum absolute atomic E-state index is 0.153. The van der Waals surface area contributed by atoms with E-state index < -0.39 is 11.5 Å². The number of nitrogens with one attached hydrogen (secondary N) is 1. The Kier molecular flexibility index (Phi) is 6.23. The van der Waals surface area contributed by atoms with Crippen LogP contribution in [0.2, 0.25) is 0 Å². The highest BCUT2D eigenvalue weighted by atomic mass is 19.1. The van der Waals surface area contributed by atoms with Gasteiger partial charge in [-0.25, -0.2) is 9.07 Å². The zero-order chi connectivity index (χ0) is 20.8. The lowest BCUT2D eigenvalue weighted by molar-refractivity contribution is -0.122. The van der Waals surface area contributed by atoms with Gasteiger partial charge in [0.25, 0.3) is 5.56 Å². The van der Waals surface area contributed by atoms with Crippen molar-refractivity contribution >= 4 is 5.91 Å². The van der Waals surface area contributed by atoms with Gasteiger partial charge in [0.05, 0.1) is 19.9 Å². The smallest absolute Gasteiger partial charge is 0.267 e. The van der Waals surface area contributed by atoms with Crippen LogP contribution in [0.15, 0.2) is 59.4 Å². The van der Waals surface area contributed by atoms with Crippen molar-refractivity contribution in [2.24, 2.45) is 0 Å². The third kappa shape index (κ3) is 4.98. The van der Waals surface area contributed by atoms with E-state index in [9.17, 15) is 14.0 Å². The average molecular weight is 397 g/mol. The maximum absolute atomic E-state index is 13.2. The molecule has 0 saturated carbocycles. The monoisotopic (exact) mass is 397 g/mol. The van der Waals surface area contributed by atoms with Crippen LogP contribution < -0.4 is 20.3 Å². The molecule has 0 saturated heterocycles. The van der Waals surface area contributed by atoms with Crippen LogP contribution in [-0.4, -0.2) is 29.9 Å². The molecule has 150 valence electrons. The second-order valence-electron chi connectivity index (χ2n) is 6.19. The standard InChI is InChI=1S/C21H20FN3O4/c1-28-18-8-6-15(11-19(18)29-2)17-7-9-21(27)25(24-17)13-20(26)23-12-14-4-3-5-16(22)10-14/h3-11H,12-13H2,1-2H3,(H,23,26). The molecule has 2 aromatic carbocycles. The van der Waals surface area contributed by atoms with Gasteiger partial charge in [-0.2, -0.15) is 5.10 Å². The van der Waals surface area contributed by atoms with Gasteiger partial charge in [0.1, 0.15) is 12.4 Å². The summed E-state index contributed by atoms with van der Waals surface area (Å²) in [4.78, 5) is 24.3. The summed E-state index contributed by atoms with van der Waals surface area (Å²) in [5.74, 6) is 0.310. The topological polar surface area (TPSA) is 82.5 Å². The Labute approximate surface area is 166 Å². The number of amides is 1. The fourth-order valence-corrected chi connectivity index (χ4v) is 2.75. The van der Waals surface area contributed by atoms with Crippen LogP contribution >= 0.6 is 0 Å². The van der Waals surface area contributed by atoms with Crippen LogP contribution in [0.25, 0.3) is 11.3 Å². The molecular formula is C21H20FN3O4. The van der Waals surface area contributed by atoms with E-state index in [1.165, 1.54) is 25.3 Å². The molecule has 0 atom stereocenters. The van der Waals surface area contributed by atoms with E-state index in [1.54, 1.807) is 43.5 Å². The zero-order valence-corrected chi connectivity index (χ0v) is 16.0. The molecule has 3 rings (SSSR count). The molecule has 1 aromatic heterocycles. The summed E-state index contributed by atoms with van der Waals surface area (Å²) in [6.07, 6.45) is 0. The third-order valence-electron chi connectivity index (χ3n) is 4.22. The Morgan fingerprint density at radius 1 is 1.07 bits per heavy atom. The lowest BCUT2D eigenvalue weighted by atomic mass is 10.1. The van der Waals surface area contributed by atoms with Gasteiger partial charge in [-0.1, -0.05) is 12.1 Å². The maximum Gasteiger partial charge on any atom is 0.267 e. The quantitative estimate of drug-likeness (QED) is 0.662. The number of ether oxygens (including phenoxy) is 2. The van der Waals surface area contributed by atoms with Gasteiger partial charge in [-0.15, -0.1) is 0 Å². The molecule has 7 nitrogen and oxygen atoms in total. The number of nitrogens with zero attached hydrogens (tertiary/aromatic N) is 2. The molecule has 8 heteroatoms. The van der Waals surface area contributed by atoms with Crippen LogP contribution in [-0.2, 0) is 17.9 Å². The summed E-state index contributed by atoms with van der Waals surface area (Å²) >= 11 is 0. The fourth-order valence-electron chi connectivity index (χ4n) is 2.75. The van der Waals surface area contributed by atoms with Gasteiger partial charge in [-0.05, 0) is 42.0 Å². The van der Waals surface area contributed by atoms with E-state index in [4.69, 9.17) is 9.47 Å². The van der Waals surface area contributed by atoms with Crippen LogP contribution in [0.5, 0.6) is 11.5 Å². The molecule has 29 heavy (non-hydrogen) atoms. The van der Waals surface area contributed by atoms with Gasteiger partial charge in [0.2, 0.25) is 5.91 Å². The molecule has 0 aliphatic carbocycles. The number of methoxy groups -OCH3 is 2. The minimum Gasteiger partial charge on any atom is -0.493 e. The van der Waals surface area contributed by atoms with E-state index in [-0.39, 0.29) is 18.9 Å². The Balaban J connectivity index is 1.75. The number of aromatic nitrogens is 2. The molecule has 3 aromatic rings. The second kappa shape index (κ2) is 9.01. The summed E-state index contributed by atoms with van der Waals surface area (Å²) < 4.78 is 24.8. The molecular weight excluding hydrogens is 377 g/mol. The molecule has 0 bridgehead atoms. The van der Waals surface area contributed by atoms with Crippen molar-refractivity contribution in [2.75, 3.05) is 14.2 Å². The van der Waals surface area contributed by atoms with Crippen molar-refractivity contribution < 1.29 is 18.7 Å². The maximum atomic E-state index is 13.2. The van der Waals surface area contributed by atoms with Crippen molar-refractivity contribution in [3.05, 3.63) is 76.3 Å². The average Bonchev–Trinajstić information content (AvgIpc) is 2.73. The number of carbonyl (C=O) groups is 1. The van der Waals surface area contributed by atoms with E-state index in [1.807, 2.05) is 0 Å². The first-order valence-corrected chi connectivity index (χ1v) is 8.82. The Morgan fingerprint density at radius 3 is 2.59 bits per heavy atom. The van der Waals surface area contributed by atoms with Crippen molar-refractivity contribution in [1.82, 2.24) is 15.1 Å². The van der Waals surface area contributed by atoms with E-state index >= 15 is 0 Å². The molecule has 1 amide bonds. The largest absolute Gasteiger partial charge is 0.493 e. The molecule has 0 aliphatic heterocycles. The van der Waals surface area contributed by atoms with E-state index in [0.29, 0.717) is 28.3 Å². The van der Waals surface area contributed by atoms with Crippen molar-refractivity contribution in [2.45, 2.75) is 13.1 Å². The minimum atomic E-state index is -0.409. The molecule has 0 unspecified atom stereocenters. The molecule has 0 aliphatic rings. The van der Waals surface area contributed by atoms with Crippen molar-refractivity contribution in [3.8, 4) is 22.8 Å². The SMILES string of the molecule is COc1ccc(-c2ccc(=O)n(CC(=O)NCc3cccc(F)c3)n2)cc1OC. The van der Waals surface area contributed by atoms with E-state index in [2.05, 4.69) is 10.4 Å². The number of hydrogen-bond acceptors (Lipinski definition) is 5. The van der Waals surface area contributed by atoms with E-state index in [0.717, 1.165) is 4.68 Å².